The molecule has 1 aromatic rings. The Labute approximate surface area is 184 Å². The lowest BCUT2D eigenvalue weighted by Gasteiger charge is -2.26. The van der Waals surface area contributed by atoms with E-state index in [1.54, 1.807) is 0 Å². The Balaban J connectivity index is 1.50. The summed E-state index contributed by atoms with van der Waals surface area (Å²) in [7, 11) is 0. The lowest BCUT2D eigenvalue weighted by Crippen LogP contribution is -2.44. The van der Waals surface area contributed by atoms with Gasteiger partial charge >= 0.3 is 0 Å². The first-order valence-corrected chi connectivity index (χ1v) is 11.1. The molecule has 2 aliphatic heterocycles. The molecule has 166 valence electrons. The predicted octanol–water partition coefficient (Wildman–Crippen LogP) is 1.23. The minimum atomic E-state index is 0.152. The SMILES string of the molecule is Cc1cc(C)nc(NC(=NCC2CCCO2)NC(=S)NCCCN2CCOCC2)n1. The number of nitrogens with one attached hydrogen (secondary N) is 3. The normalized spacial score (nSPS) is 20.2. The van der Waals surface area contributed by atoms with Gasteiger partial charge in [0, 0.05) is 37.6 Å². The second kappa shape index (κ2) is 12.1. The molecule has 0 aromatic carbocycles. The molecule has 2 aliphatic rings. The Morgan fingerprint density at radius 3 is 2.70 bits per heavy atom. The summed E-state index contributed by atoms with van der Waals surface area (Å²) in [5.74, 6) is 1.03. The third kappa shape index (κ3) is 8.10. The van der Waals surface area contributed by atoms with Crippen molar-refractivity contribution < 1.29 is 9.47 Å². The predicted molar refractivity (Wildman–Crippen MR) is 122 cm³/mol. The van der Waals surface area contributed by atoms with Gasteiger partial charge in [-0.2, -0.15) is 0 Å². The molecule has 0 aliphatic carbocycles. The summed E-state index contributed by atoms with van der Waals surface area (Å²) in [6.07, 6.45) is 3.28. The van der Waals surface area contributed by atoms with Gasteiger partial charge < -0.3 is 20.1 Å². The minimum absolute atomic E-state index is 0.152. The molecule has 1 atom stereocenters. The highest BCUT2D eigenvalue weighted by molar-refractivity contribution is 7.80. The van der Waals surface area contributed by atoms with Gasteiger partial charge in [0.15, 0.2) is 5.11 Å². The number of hydrogen-bond acceptors (Lipinski definition) is 7. The first kappa shape index (κ1) is 22.8. The van der Waals surface area contributed by atoms with Gasteiger partial charge in [-0.15, -0.1) is 0 Å². The van der Waals surface area contributed by atoms with Crippen molar-refractivity contribution in [3.05, 3.63) is 17.5 Å². The van der Waals surface area contributed by atoms with Gasteiger partial charge in [0.2, 0.25) is 11.9 Å². The molecule has 1 aromatic heterocycles. The van der Waals surface area contributed by atoms with Crippen molar-refractivity contribution in [3.8, 4) is 0 Å². The van der Waals surface area contributed by atoms with Crippen LogP contribution >= 0.6 is 12.2 Å². The van der Waals surface area contributed by atoms with E-state index >= 15 is 0 Å². The molecule has 2 fully saturated rings. The fourth-order valence-electron chi connectivity index (χ4n) is 3.46. The van der Waals surface area contributed by atoms with Crippen LogP contribution in [0.2, 0.25) is 0 Å². The number of aromatic nitrogens is 2. The number of nitrogens with zero attached hydrogens (tertiary/aromatic N) is 4. The average molecular weight is 436 g/mol. The molecule has 1 unspecified atom stereocenters. The lowest BCUT2D eigenvalue weighted by atomic mass is 10.2. The number of thiocarbonyl (C=S) groups is 1. The number of aliphatic imine (C=N–C) groups is 1. The van der Waals surface area contributed by atoms with E-state index in [9.17, 15) is 0 Å². The van der Waals surface area contributed by atoms with Gasteiger partial charge in [-0.05, 0) is 57.9 Å². The van der Waals surface area contributed by atoms with Crippen LogP contribution in [0.15, 0.2) is 11.1 Å². The van der Waals surface area contributed by atoms with E-state index in [-0.39, 0.29) is 6.10 Å². The minimum Gasteiger partial charge on any atom is -0.379 e. The highest BCUT2D eigenvalue weighted by atomic mass is 32.1. The van der Waals surface area contributed by atoms with E-state index in [1.807, 2.05) is 19.9 Å². The van der Waals surface area contributed by atoms with Gasteiger partial charge in [-0.3, -0.25) is 10.2 Å². The number of anilines is 1. The van der Waals surface area contributed by atoms with Crippen molar-refractivity contribution in [2.24, 2.45) is 4.99 Å². The number of hydrogen-bond donors (Lipinski definition) is 3. The third-order valence-corrected chi connectivity index (χ3v) is 5.21. The number of rotatable bonds is 7. The van der Waals surface area contributed by atoms with E-state index < -0.39 is 0 Å². The maximum atomic E-state index is 5.68. The van der Waals surface area contributed by atoms with Crippen LogP contribution in [0.4, 0.5) is 5.95 Å². The van der Waals surface area contributed by atoms with Crippen molar-refractivity contribution in [2.45, 2.75) is 39.2 Å². The van der Waals surface area contributed by atoms with Gasteiger partial charge in [0.05, 0.1) is 25.9 Å². The van der Waals surface area contributed by atoms with E-state index in [1.165, 1.54) is 0 Å². The van der Waals surface area contributed by atoms with Crippen LogP contribution in [-0.2, 0) is 9.47 Å². The maximum absolute atomic E-state index is 5.68. The van der Waals surface area contributed by atoms with Crippen molar-refractivity contribution in [1.82, 2.24) is 25.5 Å². The summed E-state index contributed by atoms with van der Waals surface area (Å²) in [4.78, 5) is 15.9. The first-order chi connectivity index (χ1) is 14.6. The molecule has 3 heterocycles. The lowest BCUT2D eigenvalue weighted by molar-refractivity contribution is 0.0376. The number of guanidine groups is 1. The van der Waals surface area contributed by atoms with Gasteiger partial charge in [0.1, 0.15) is 0 Å². The van der Waals surface area contributed by atoms with Crippen LogP contribution in [0.1, 0.15) is 30.7 Å². The van der Waals surface area contributed by atoms with E-state index in [0.717, 1.165) is 76.6 Å². The van der Waals surface area contributed by atoms with Crippen LogP contribution in [0, 0.1) is 13.8 Å². The van der Waals surface area contributed by atoms with Gasteiger partial charge in [-0.25, -0.2) is 15.0 Å². The zero-order valence-corrected chi connectivity index (χ0v) is 18.8. The summed E-state index contributed by atoms with van der Waals surface area (Å²) >= 11 is 5.47. The number of morpholine rings is 1. The van der Waals surface area contributed by atoms with Gasteiger partial charge in [0.25, 0.3) is 0 Å². The molecular weight excluding hydrogens is 402 g/mol. The average Bonchev–Trinajstić information content (AvgIpc) is 3.23. The second-order valence-corrected chi connectivity index (χ2v) is 8.02. The molecular formula is C20H33N7O2S. The Morgan fingerprint density at radius 1 is 1.23 bits per heavy atom. The molecule has 0 saturated carbocycles. The second-order valence-electron chi connectivity index (χ2n) is 7.61. The molecule has 10 heteroatoms. The van der Waals surface area contributed by atoms with Crippen molar-refractivity contribution in [2.75, 3.05) is 57.9 Å². The molecule has 3 rings (SSSR count). The third-order valence-electron chi connectivity index (χ3n) is 4.96. The molecule has 30 heavy (non-hydrogen) atoms. The van der Waals surface area contributed by atoms with Crippen molar-refractivity contribution in [3.63, 3.8) is 0 Å². The van der Waals surface area contributed by atoms with Crippen molar-refractivity contribution >= 4 is 29.2 Å². The number of aryl methyl sites for hydroxylation is 2. The number of ether oxygens (including phenoxy) is 2. The monoisotopic (exact) mass is 435 g/mol. The first-order valence-electron chi connectivity index (χ1n) is 10.7. The van der Waals surface area contributed by atoms with Crippen LogP contribution in [-0.4, -0.2) is 84.6 Å². The summed E-state index contributed by atoms with van der Waals surface area (Å²) in [6.45, 7) is 10.7. The van der Waals surface area contributed by atoms with Crippen LogP contribution in [0.5, 0.6) is 0 Å². The Morgan fingerprint density at radius 2 is 2.00 bits per heavy atom. The smallest absolute Gasteiger partial charge is 0.229 e. The standard InChI is InChI=1S/C20H33N7O2S/c1-15-13-16(2)24-19(23-15)25-18(22-14-17-5-3-10-29-17)26-20(30)21-6-4-7-27-8-11-28-12-9-27/h13,17H,3-12,14H2,1-2H3,(H3,21,22,23,24,25,26,30). The zero-order valence-electron chi connectivity index (χ0n) is 17.9. The van der Waals surface area contributed by atoms with Crippen LogP contribution in [0.3, 0.4) is 0 Å². The van der Waals surface area contributed by atoms with Gasteiger partial charge in [-0.1, -0.05) is 0 Å². The van der Waals surface area contributed by atoms with Crippen LogP contribution in [0.25, 0.3) is 0 Å². The molecule has 0 amide bonds. The molecule has 9 nitrogen and oxygen atoms in total. The van der Waals surface area contributed by atoms with E-state index in [2.05, 4.69) is 35.8 Å². The molecule has 0 radical (unpaired) electrons. The molecule has 2 saturated heterocycles. The van der Waals surface area contributed by atoms with Crippen molar-refractivity contribution in [1.29, 1.82) is 0 Å². The fraction of sp³-hybridized carbons (Fsp3) is 0.700. The highest BCUT2D eigenvalue weighted by Gasteiger charge is 2.16. The summed E-state index contributed by atoms with van der Waals surface area (Å²) in [5.41, 5.74) is 1.79. The topological polar surface area (TPSA) is 95.9 Å². The van der Waals surface area contributed by atoms with E-state index in [0.29, 0.717) is 23.6 Å². The Kier molecular flexibility index (Phi) is 9.19. The fourth-order valence-corrected chi connectivity index (χ4v) is 3.66. The zero-order chi connectivity index (χ0) is 21.2. The quantitative estimate of drug-likeness (QED) is 0.253. The molecule has 3 N–H and O–H groups in total. The Hall–Kier alpha value is -1.88. The summed E-state index contributed by atoms with van der Waals surface area (Å²) in [6, 6.07) is 1.93. The maximum Gasteiger partial charge on any atom is 0.229 e. The van der Waals surface area contributed by atoms with Crippen LogP contribution < -0.4 is 16.0 Å². The highest BCUT2D eigenvalue weighted by Crippen LogP contribution is 2.12. The molecule has 0 bridgehead atoms. The summed E-state index contributed by atoms with van der Waals surface area (Å²) in [5, 5.41) is 10.1. The largest absolute Gasteiger partial charge is 0.379 e. The van der Waals surface area contributed by atoms with E-state index in [4.69, 9.17) is 21.7 Å². The molecule has 0 spiro atoms. The Bertz CT molecular complexity index is 699. The summed E-state index contributed by atoms with van der Waals surface area (Å²) < 4.78 is 11.1.